The summed E-state index contributed by atoms with van der Waals surface area (Å²) in [5, 5.41) is 3.06. The Hall–Kier alpha value is -5.11. The number of esters is 1. The van der Waals surface area contributed by atoms with Crippen molar-refractivity contribution in [3.8, 4) is 5.75 Å². The minimum Gasteiger partial charge on any atom is -0.427 e. The van der Waals surface area contributed by atoms with E-state index in [1.807, 2.05) is 0 Å². The van der Waals surface area contributed by atoms with Gasteiger partial charge in [-0.15, -0.1) is 0 Å². The molecule has 0 bridgehead atoms. The molecule has 1 N–H and O–H groups in total. The van der Waals surface area contributed by atoms with E-state index in [0.717, 1.165) is 51.5 Å². The van der Waals surface area contributed by atoms with Crippen molar-refractivity contribution < 1.29 is 28.1 Å². The van der Waals surface area contributed by atoms with Crippen molar-refractivity contribution in [3.05, 3.63) is 126 Å². The highest BCUT2D eigenvalue weighted by atomic mass is 19.1. The van der Waals surface area contributed by atoms with Gasteiger partial charge in [0, 0.05) is 66.9 Å². The fourth-order valence-electron chi connectivity index (χ4n) is 8.27. The van der Waals surface area contributed by atoms with E-state index < -0.39 is 12.0 Å². The largest absolute Gasteiger partial charge is 0.427 e. The van der Waals surface area contributed by atoms with E-state index in [1.54, 1.807) is 6.92 Å². The van der Waals surface area contributed by atoms with Crippen molar-refractivity contribution in [1.82, 2.24) is 5.32 Å². The fraction of sp³-hybridized carbons (Fsp3) is 0.440. The van der Waals surface area contributed by atoms with E-state index in [2.05, 4.69) is 128 Å². The lowest BCUT2D eigenvalue weighted by molar-refractivity contribution is -0.401. The smallest absolute Gasteiger partial charge is 0.310 e. The normalized spacial score (nSPS) is 16.6. The van der Waals surface area contributed by atoms with Gasteiger partial charge < -0.3 is 15.0 Å². The maximum Gasteiger partial charge on any atom is 0.310 e. The van der Waals surface area contributed by atoms with Gasteiger partial charge in [-0.2, -0.15) is 4.58 Å². The minimum absolute atomic E-state index is 0.0526. The van der Waals surface area contributed by atoms with Crippen LogP contribution in [0.2, 0.25) is 0 Å². The zero-order chi connectivity index (χ0) is 41.7. The molecule has 2 aliphatic rings. The summed E-state index contributed by atoms with van der Waals surface area (Å²) in [5.74, 6) is -0.361. The Morgan fingerprint density at radius 3 is 2.17 bits per heavy atom. The molecule has 5 rings (SSSR count). The first-order valence-electron chi connectivity index (χ1n) is 21.2. The number of hydrogen-bond acceptors (Lipinski definition) is 5. The predicted molar refractivity (Wildman–Crippen MR) is 234 cm³/mol. The molecule has 0 spiro atoms. The molecule has 8 heteroatoms. The first kappa shape index (κ1) is 44.0. The van der Waals surface area contributed by atoms with Crippen LogP contribution in [0.5, 0.6) is 5.75 Å². The lowest BCUT2D eigenvalue weighted by atomic mass is 9.81. The SMILES string of the molecule is CCC(=O)Oc1ccc(C(F)C(=O)CCCCCCCNC(=O)CCCCCN2C(=CC=CC=CC3=[N+](C)c4ccccc4C3(C)C)C(C)(C)c3ccccc32)cc1. The van der Waals surface area contributed by atoms with Crippen molar-refractivity contribution in [3.63, 3.8) is 0 Å². The third kappa shape index (κ3) is 10.9. The van der Waals surface area contributed by atoms with Crippen molar-refractivity contribution in [2.75, 3.05) is 25.0 Å². The Balaban J connectivity index is 0.980. The molecule has 1 unspecified atom stereocenters. The van der Waals surface area contributed by atoms with E-state index in [0.29, 0.717) is 25.1 Å². The number of carbonyl (C=O) groups is 3. The van der Waals surface area contributed by atoms with Gasteiger partial charge in [0.25, 0.3) is 0 Å². The van der Waals surface area contributed by atoms with Crippen molar-refractivity contribution in [2.45, 2.75) is 122 Å². The molecule has 3 aromatic carbocycles. The Bertz CT molecular complexity index is 2020. The molecular weight excluding hydrogens is 726 g/mol. The van der Waals surface area contributed by atoms with Crippen LogP contribution in [0.25, 0.3) is 0 Å². The van der Waals surface area contributed by atoms with E-state index in [1.165, 1.54) is 58.2 Å². The summed E-state index contributed by atoms with van der Waals surface area (Å²) in [6.07, 6.45) is 17.3. The molecule has 0 aliphatic carbocycles. The first-order valence-corrected chi connectivity index (χ1v) is 21.2. The monoisotopic (exact) mass is 788 g/mol. The Kier molecular flexibility index (Phi) is 15.6. The number of alkyl halides is 1. The van der Waals surface area contributed by atoms with Crippen molar-refractivity contribution in [2.24, 2.45) is 0 Å². The summed E-state index contributed by atoms with van der Waals surface area (Å²) >= 11 is 0. The number of nitrogens with zero attached hydrogens (tertiary/aromatic N) is 2. The van der Waals surface area contributed by atoms with Crippen LogP contribution in [0.3, 0.4) is 0 Å². The molecule has 2 heterocycles. The molecule has 1 amide bonds. The number of ether oxygens (including phenoxy) is 1. The minimum atomic E-state index is -1.68. The molecule has 1 atom stereocenters. The number of allylic oxidation sites excluding steroid dienone is 6. The quantitative estimate of drug-likeness (QED) is 0.0382. The number of benzene rings is 3. The summed E-state index contributed by atoms with van der Waals surface area (Å²) in [6.45, 7) is 12.4. The number of carbonyl (C=O) groups excluding carboxylic acids is 3. The fourth-order valence-corrected chi connectivity index (χ4v) is 8.27. The second kappa shape index (κ2) is 20.5. The summed E-state index contributed by atoms with van der Waals surface area (Å²) in [7, 11) is 2.15. The number of Topliss-reactive ketones (excluding diaryl/α,β-unsaturated/α-hetero) is 1. The number of anilines is 1. The topological polar surface area (TPSA) is 78.7 Å². The van der Waals surface area contributed by atoms with Crippen LogP contribution >= 0.6 is 0 Å². The van der Waals surface area contributed by atoms with Gasteiger partial charge in [0.15, 0.2) is 17.7 Å². The van der Waals surface area contributed by atoms with Gasteiger partial charge in [0.05, 0.1) is 5.41 Å². The Morgan fingerprint density at radius 1 is 0.776 bits per heavy atom. The van der Waals surface area contributed by atoms with Crippen LogP contribution in [0.4, 0.5) is 15.8 Å². The van der Waals surface area contributed by atoms with Gasteiger partial charge in [0.2, 0.25) is 11.6 Å². The molecule has 58 heavy (non-hydrogen) atoms. The van der Waals surface area contributed by atoms with Crippen LogP contribution in [0, 0.1) is 0 Å². The maximum absolute atomic E-state index is 14.7. The lowest BCUT2D eigenvalue weighted by Crippen LogP contribution is -2.27. The average Bonchev–Trinajstić information content (AvgIpc) is 3.55. The molecular formula is C50H63FN3O4+. The van der Waals surface area contributed by atoms with E-state index in [-0.39, 0.29) is 41.1 Å². The summed E-state index contributed by atoms with van der Waals surface area (Å²) in [5.41, 5.74) is 7.89. The zero-order valence-corrected chi connectivity index (χ0v) is 35.5. The summed E-state index contributed by atoms with van der Waals surface area (Å²) in [6, 6.07) is 23.3. The summed E-state index contributed by atoms with van der Waals surface area (Å²) < 4.78 is 22.1. The lowest BCUT2D eigenvalue weighted by Gasteiger charge is -2.27. The van der Waals surface area contributed by atoms with Crippen LogP contribution in [0.15, 0.2) is 109 Å². The highest BCUT2D eigenvalue weighted by Crippen LogP contribution is 2.47. The maximum atomic E-state index is 14.7. The molecule has 0 saturated heterocycles. The van der Waals surface area contributed by atoms with Crippen LogP contribution in [-0.2, 0) is 25.2 Å². The third-order valence-corrected chi connectivity index (χ3v) is 11.7. The number of halogens is 1. The first-order chi connectivity index (χ1) is 27.9. The van der Waals surface area contributed by atoms with E-state index in [4.69, 9.17) is 4.74 Å². The number of rotatable bonds is 21. The number of nitrogens with one attached hydrogen (secondary N) is 1. The van der Waals surface area contributed by atoms with Gasteiger partial charge in [-0.05, 0) is 74.9 Å². The second-order valence-corrected chi connectivity index (χ2v) is 16.6. The van der Waals surface area contributed by atoms with E-state index in [9.17, 15) is 18.8 Å². The highest BCUT2D eigenvalue weighted by molar-refractivity contribution is 6.03. The molecule has 0 saturated carbocycles. The Morgan fingerprint density at radius 2 is 1.43 bits per heavy atom. The van der Waals surface area contributed by atoms with E-state index >= 15 is 0 Å². The number of amides is 1. The Labute approximate surface area is 345 Å². The average molecular weight is 789 g/mol. The van der Waals surface area contributed by atoms with Gasteiger partial charge >= 0.3 is 5.97 Å². The van der Waals surface area contributed by atoms with Gasteiger partial charge in [-0.1, -0.05) is 113 Å². The number of para-hydroxylation sites is 2. The zero-order valence-electron chi connectivity index (χ0n) is 35.5. The van der Waals surface area contributed by atoms with Gasteiger partial charge in [0.1, 0.15) is 12.8 Å². The number of unbranched alkanes of at least 4 members (excludes halogenated alkanes) is 6. The molecule has 0 aromatic heterocycles. The second-order valence-electron chi connectivity index (χ2n) is 16.6. The predicted octanol–water partition coefficient (Wildman–Crippen LogP) is 11.1. The van der Waals surface area contributed by atoms with Crippen LogP contribution in [-0.4, -0.2) is 48.1 Å². The van der Waals surface area contributed by atoms with Gasteiger partial charge in [-0.3, -0.25) is 14.4 Å². The molecule has 2 aliphatic heterocycles. The molecule has 3 aromatic rings. The van der Waals surface area contributed by atoms with Crippen molar-refractivity contribution >= 4 is 34.7 Å². The highest BCUT2D eigenvalue weighted by Gasteiger charge is 2.42. The van der Waals surface area contributed by atoms with Crippen LogP contribution < -0.4 is 15.0 Å². The number of fused-ring (bicyclic) bond motifs is 2. The standard InChI is InChI=1S/C50H62FN3O4/c1-7-47(57)58-38-33-31-37(32-34-38)48(51)43(55)27-13-9-8-10-21-35-52-46(56)30-16-12-22-36-54-42-26-20-18-24-40(42)50(4,5)45(54)29-15-11-14-28-44-49(2,3)39-23-17-19-25-41(39)53(44)6/h11,14-15,17-20,23-26,28-29,31-34,48H,7-10,12-13,16,21-22,27,30,35-36H2,1-6H3/p+1. The molecule has 308 valence electrons. The number of hydrogen-bond donors (Lipinski definition) is 1. The molecule has 0 fully saturated rings. The van der Waals surface area contributed by atoms with Crippen molar-refractivity contribution in [1.29, 1.82) is 0 Å². The van der Waals surface area contributed by atoms with Gasteiger partial charge in [-0.25, -0.2) is 4.39 Å². The van der Waals surface area contributed by atoms with Crippen LogP contribution in [0.1, 0.15) is 128 Å². The summed E-state index contributed by atoms with van der Waals surface area (Å²) in [4.78, 5) is 38.8. The number of ketones is 1. The molecule has 0 radical (unpaired) electrons. The molecule has 7 nitrogen and oxygen atoms in total. The third-order valence-electron chi connectivity index (χ3n) is 11.7.